The van der Waals surface area contributed by atoms with Crippen LogP contribution in [0, 0.1) is 0 Å². The van der Waals surface area contributed by atoms with Gasteiger partial charge in [-0.3, -0.25) is 9.59 Å². The van der Waals surface area contributed by atoms with Gasteiger partial charge in [0.15, 0.2) is 18.1 Å². The van der Waals surface area contributed by atoms with E-state index in [-0.39, 0.29) is 18.4 Å². The number of para-hydroxylation sites is 2. The highest BCUT2D eigenvalue weighted by Gasteiger charge is 2.23. The topological polar surface area (TPSA) is 77.1 Å². The average Bonchev–Trinajstić information content (AvgIpc) is 2.61. The molecular weight excluding hydrogens is 312 g/mol. The molecule has 1 heterocycles. The zero-order valence-electron chi connectivity index (χ0n) is 14.1. The van der Waals surface area contributed by atoms with Crippen molar-refractivity contribution in [3.63, 3.8) is 0 Å². The summed E-state index contributed by atoms with van der Waals surface area (Å²) < 4.78 is 16.2. The lowest BCUT2D eigenvalue weighted by atomic mass is 10.2. The van der Waals surface area contributed by atoms with Gasteiger partial charge in [-0.15, -0.1) is 0 Å². The summed E-state index contributed by atoms with van der Waals surface area (Å²) in [6.45, 7) is 6.05. The average molecular weight is 336 g/mol. The van der Waals surface area contributed by atoms with E-state index in [1.54, 1.807) is 30.0 Å². The van der Waals surface area contributed by atoms with Gasteiger partial charge in [-0.25, -0.2) is 0 Å². The van der Waals surface area contributed by atoms with Crippen molar-refractivity contribution in [2.24, 2.45) is 0 Å². The summed E-state index contributed by atoms with van der Waals surface area (Å²) in [5.41, 5.74) is 0. The van der Waals surface area contributed by atoms with Crippen molar-refractivity contribution in [2.75, 3.05) is 39.5 Å². The Morgan fingerprint density at radius 1 is 1.21 bits per heavy atom. The number of morpholine rings is 1. The van der Waals surface area contributed by atoms with Gasteiger partial charge in [0.25, 0.3) is 5.91 Å². The van der Waals surface area contributed by atoms with Gasteiger partial charge in [-0.05, 0) is 26.0 Å². The number of carbonyl (C=O) groups excluding carboxylic acids is 2. The van der Waals surface area contributed by atoms with Crippen LogP contribution in [-0.2, 0) is 14.3 Å². The van der Waals surface area contributed by atoms with Gasteiger partial charge in [0.2, 0.25) is 5.91 Å². The fourth-order valence-electron chi connectivity index (χ4n) is 2.39. The van der Waals surface area contributed by atoms with Crippen molar-refractivity contribution in [2.45, 2.75) is 19.9 Å². The van der Waals surface area contributed by atoms with Gasteiger partial charge in [-0.2, -0.15) is 0 Å². The molecule has 0 spiro atoms. The number of rotatable bonds is 7. The fourth-order valence-corrected chi connectivity index (χ4v) is 2.39. The molecule has 1 aliphatic rings. The SMILES string of the molecule is CCOc1ccccc1OCC(=O)N[C@H](C)C(=O)N1CCOCC1. The van der Waals surface area contributed by atoms with Gasteiger partial charge >= 0.3 is 0 Å². The monoisotopic (exact) mass is 336 g/mol. The molecule has 1 aliphatic heterocycles. The van der Waals surface area contributed by atoms with Crippen LogP contribution >= 0.6 is 0 Å². The normalized spacial score (nSPS) is 15.5. The third-order valence-corrected chi connectivity index (χ3v) is 3.58. The Labute approximate surface area is 141 Å². The molecule has 0 aliphatic carbocycles. The van der Waals surface area contributed by atoms with E-state index < -0.39 is 6.04 Å². The first-order valence-electron chi connectivity index (χ1n) is 8.12. The van der Waals surface area contributed by atoms with Crippen LogP contribution in [0.1, 0.15) is 13.8 Å². The standard InChI is InChI=1S/C17H24N2O5/c1-3-23-14-6-4-5-7-15(14)24-12-16(20)18-13(2)17(21)19-8-10-22-11-9-19/h4-7,13H,3,8-12H2,1-2H3,(H,18,20)/t13-/m1/s1. The molecule has 0 saturated carbocycles. The summed E-state index contributed by atoms with van der Waals surface area (Å²) in [6.07, 6.45) is 0. The highest BCUT2D eigenvalue weighted by atomic mass is 16.5. The van der Waals surface area contributed by atoms with Crippen molar-refractivity contribution < 1.29 is 23.8 Å². The van der Waals surface area contributed by atoms with Crippen LogP contribution in [0.2, 0.25) is 0 Å². The predicted octanol–water partition coefficient (Wildman–Crippen LogP) is 0.828. The van der Waals surface area contributed by atoms with Gasteiger partial charge in [0, 0.05) is 13.1 Å². The molecule has 1 N–H and O–H groups in total. The van der Waals surface area contributed by atoms with E-state index in [2.05, 4.69) is 5.32 Å². The Morgan fingerprint density at radius 3 is 2.46 bits per heavy atom. The second-order valence-electron chi connectivity index (χ2n) is 5.40. The minimum absolute atomic E-state index is 0.110. The van der Waals surface area contributed by atoms with Crippen LogP contribution in [-0.4, -0.2) is 62.3 Å². The van der Waals surface area contributed by atoms with Gasteiger partial charge < -0.3 is 24.4 Å². The Bertz CT molecular complexity index is 558. The molecule has 7 nitrogen and oxygen atoms in total. The lowest BCUT2D eigenvalue weighted by Gasteiger charge is -2.29. The Balaban J connectivity index is 1.81. The van der Waals surface area contributed by atoms with Crippen LogP contribution in [0.25, 0.3) is 0 Å². The number of carbonyl (C=O) groups is 2. The molecule has 24 heavy (non-hydrogen) atoms. The molecule has 2 amide bonds. The first-order chi connectivity index (χ1) is 11.6. The van der Waals surface area contributed by atoms with Gasteiger partial charge in [0.05, 0.1) is 19.8 Å². The predicted molar refractivity (Wildman–Crippen MR) is 88.1 cm³/mol. The minimum Gasteiger partial charge on any atom is -0.490 e. The fraction of sp³-hybridized carbons (Fsp3) is 0.529. The molecule has 1 aromatic carbocycles. The lowest BCUT2D eigenvalue weighted by molar-refractivity contribution is -0.139. The quantitative estimate of drug-likeness (QED) is 0.798. The van der Waals surface area contributed by atoms with Crippen LogP contribution in [0.5, 0.6) is 11.5 Å². The zero-order valence-corrected chi connectivity index (χ0v) is 14.1. The van der Waals surface area contributed by atoms with Crippen LogP contribution in [0.3, 0.4) is 0 Å². The molecule has 2 rings (SSSR count). The third kappa shape index (κ3) is 5.13. The molecule has 7 heteroatoms. The summed E-state index contributed by atoms with van der Waals surface area (Å²) in [5.74, 6) is 0.628. The Kier molecular flexibility index (Phi) is 6.87. The molecule has 132 valence electrons. The lowest BCUT2D eigenvalue weighted by Crippen LogP contribution is -2.51. The molecule has 1 atom stereocenters. The molecular formula is C17H24N2O5. The number of hydrogen-bond acceptors (Lipinski definition) is 5. The third-order valence-electron chi connectivity index (χ3n) is 3.58. The van der Waals surface area contributed by atoms with E-state index in [9.17, 15) is 9.59 Å². The minimum atomic E-state index is -0.596. The van der Waals surface area contributed by atoms with E-state index in [0.29, 0.717) is 44.4 Å². The molecule has 0 bridgehead atoms. The summed E-state index contributed by atoms with van der Waals surface area (Å²) in [5, 5.41) is 2.66. The number of amides is 2. The highest BCUT2D eigenvalue weighted by molar-refractivity contribution is 5.87. The Hall–Kier alpha value is -2.28. The Morgan fingerprint density at radius 2 is 1.83 bits per heavy atom. The van der Waals surface area contributed by atoms with Crippen LogP contribution in [0.4, 0.5) is 0 Å². The van der Waals surface area contributed by atoms with E-state index >= 15 is 0 Å². The smallest absolute Gasteiger partial charge is 0.258 e. The zero-order chi connectivity index (χ0) is 17.4. The maximum atomic E-state index is 12.2. The van der Waals surface area contributed by atoms with Crippen molar-refractivity contribution in [3.8, 4) is 11.5 Å². The van der Waals surface area contributed by atoms with Crippen molar-refractivity contribution in [1.82, 2.24) is 10.2 Å². The first kappa shape index (κ1) is 18.1. The molecule has 1 fully saturated rings. The molecule has 0 unspecified atom stereocenters. The number of ether oxygens (including phenoxy) is 3. The summed E-state index contributed by atoms with van der Waals surface area (Å²) in [7, 11) is 0. The van der Waals surface area contributed by atoms with Gasteiger partial charge in [0.1, 0.15) is 6.04 Å². The number of hydrogen-bond donors (Lipinski definition) is 1. The molecule has 0 radical (unpaired) electrons. The summed E-state index contributed by atoms with van der Waals surface area (Å²) in [6, 6.07) is 6.56. The first-order valence-corrected chi connectivity index (χ1v) is 8.12. The maximum Gasteiger partial charge on any atom is 0.258 e. The summed E-state index contributed by atoms with van der Waals surface area (Å²) in [4.78, 5) is 25.9. The van der Waals surface area contributed by atoms with Crippen LogP contribution < -0.4 is 14.8 Å². The number of benzene rings is 1. The van der Waals surface area contributed by atoms with E-state index in [0.717, 1.165) is 0 Å². The summed E-state index contributed by atoms with van der Waals surface area (Å²) >= 11 is 0. The van der Waals surface area contributed by atoms with E-state index in [1.165, 1.54) is 0 Å². The van der Waals surface area contributed by atoms with Crippen molar-refractivity contribution in [3.05, 3.63) is 24.3 Å². The molecule has 0 aromatic heterocycles. The largest absolute Gasteiger partial charge is 0.490 e. The van der Waals surface area contributed by atoms with Gasteiger partial charge in [-0.1, -0.05) is 12.1 Å². The van der Waals surface area contributed by atoms with Crippen molar-refractivity contribution >= 4 is 11.8 Å². The van der Waals surface area contributed by atoms with Crippen LogP contribution in [0.15, 0.2) is 24.3 Å². The van der Waals surface area contributed by atoms with Crippen molar-refractivity contribution in [1.29, 1.82) is 0 Å². The number of nitrogens with one attached hydrogen (secondary N) is 1. The second kappa shape index (κ2) is 9.12. The molecule has 1 aromatic rings. The highest BCUT2D eigenvalue weighted by Crippen LogP contribution is 2.26. The van der Waals surface area contributed by atoms with E-state index in [4.69, 9.17) is 14.2 Å². The van der Waals surface area contributed by atoms with E-state index in [1.807, 2.05) is 13.0 Å². The molecule has 1 saturated heterocycles. The number of nitrogens with zero attached hydrogens (tertiary/aromatic N) is 1. The maximum absolute atomic E-state index is 12.2. The second-order valence-corrected chi connectivity index (χ2v) is 5.40.